The largest absolute Gasteiger partial charge is 0.349 e. The molecule has 0 unspecified atom stereocenters. The van der Waals surface area contributed by atoms with Crippen molar-refractivity contribution in [1.82, 2.24) is 5.32 Å². The number of para-hydroxylation sites is 1. The minimum Gasteiger partial charge on any atom is -0.349 e. The van der Waals surface area contributed by atoms with E-state index in [9.17, 15) is 14.0 Å². The van der Waals surface area contributed by atoms with Crippen LogP contribution in [0.2, 0.25) is 5.02 Å². The van der Waals surface area contributed by atoms with E-state index >= 15 is 0 Å². The maximum Gasteiger partial charge on any atom is 0.246 e. The summed E-state index contributed by atoms with van der Waals surface area (Å²) in [5.74, 6) is -1.47. The van der Waals surface area contributed by atoms with Crippen LogP contribution in [-0.2, 0) is 9.59 Å². The third-order valence-electron chi connectivity index (χ3n) is 2.20. The fourth-order valence-corrected chi connectivity index (χ4v) is 1.87. The number of benzene rings is 1. The first-order chi connectivity index (χ1) is 7.58. The van der Waals surface area contributed by atoms with Crippen molar-refractivity contribution in [2.24, 2.45) is 0 Å². The van der Waals surface area contributed by atoms with E-state index in [1.807, 2.05) is 0 Å². The Morgan fingerprint density at radius 3 is 2.44 bits per heavy atom. The SMILES string of the molecule is O=C1CN(c2c(F)cccc2Cl)CC(=O)N1. The van der Waals surface area contributed by atoms with Crippen molar-refractivity contribution in [3.63, 3.8) is 0 Å². The summed E-state index contributed by atoms with van der Waals surface area (Å²) >= 11 is 5.83. The Morgan fingerprint density at radius 1 is 1.25 bits per heavy atom. The zero-order valence-electron chi connectivity index (χ0n) is 8.17. The number of hydrogen-bond acceptors (Lipinski definition) is 3. The van der Waals surface area contributed by atoms with E-state index in [4.69, 9.17) is 11.6 Å². The molecule has 0 radical (unpaired) electrons. The second kappa shape index (κ2) is 4.09. The molecule has 0 saturated carbocycles. The molecule has 1 aliphatic heterocycles. The van der Waals surface area contributed by atoms with Gasteiger partial charge in [0.1, 0.15) is 5.82 Å². The topological polar surface area (TPSA) is 49.4 Å². The van der Waals surface area contributed by atoms with Gasteiger partial charge in [-0.15, -0.1) is 0 Å². The lowest BCUT2D eigenvalue weighted by atomic mass is 10.2. The monoisotopic (exact) mass is 242 g/mol. The van der Waals surface area contributed by atoms with E-state index < -0.39 is 17.6 Å². The number of halogens is 2. The molecular formula is C10H8ClFN2O2. The molecule has 6 heteroatoms. The number of imide groups is 1. The van der Waals surface area contributed by atoms with E-state index in [1.54, 1.807) is 0 Å². The molecule has 1 saturated heterocycles. The van der Waals surface area contributed by atoms with Crippen molar-refractivity contribution >= 4 is 29.1 Å². The fourth-order valence-electron chi connectivity index (χ4n) is 1.59. The molecule has 2 amide bonds. The number of carbonyl (C=O) groups is 2. The Balaban J connectivity index is 2.36. The van der Waals surface area contributed by atoms with Crippen LogP contribution in [0, 0.1) is 5.82 Å². The quantitative estimate of drug-likeness (QED) is 0.746. The number of anilines is 1. The smallest absolute Gasteiger partial charge is 0.246 e. The Bertz CT molecular complexity index is 428. The molecule has 84 valence electrons. The number of nitrogens with one attached hydrogen (secondary N) is 1. The van der Waals surface area contributed by atoms with E-state index in [-0.39, 0.29) is 23.8 Å². The van der Waals surface area contributed by atoms with Gasteiger partial charge >= 0.3 is 0 Å². The predicted molar refractivity (Wildman–Crippen MR) is 56.8 cm³/mol. The lowest BCUT2D eigenvalue weighted by molar-refractivity contribution is -0.130. The fraction of sp³-hybridized carbons (Fsp3) is 0.200. The van der Waals surface area contributed by atoms with Crippen LogP contribution in [0.4, 0.5) is 10.1 Å². The number of amides is 2. The van der Waals surface area contributed by atoms with E-state index in [2.05, 4.69) is 5.32 Å². The molecule has 1 aromatic carbocycles. The molecule has 1 heterocycles. The molecule has 0 spiro atoms. The van der Waals surface area contributed by atoms with Crippen molar-refractivity contribution in [2.75, 3.05) is 18.0 Å². The second-order valence-corrected chi connectivity index (χ2v) is 3.80. The van der Waals surface area contributed by atoms with Crippen molar-refractivity contribution < 1.29 is 14.0 Å². The zero-order valence-corrected chi connectivity index (χ0v) is 8.92. The third-order valence-corrected chi connectivity index (χ3v) is 2.51. The van der Waals surface area contributed by atoms with Crippen LogP contribution in [0.15, 0.2) is 18.2 Å². The molecule has 4 nitrogen and oxygen atoms in total. The zero-order chi connectivity index (χ0) is 11.7. The van der Waals surface area contributed by atoms with Crippen LogP contribution in [0.3, 0.4) is 0 Å². The molecule has 1 N–H and O–H groups in total. The van der Waals surface area contributed by atoms with Gasteiger partial charge in [0.2, 0.25) is 11.8 Å². The Labute approximate surface area is 96.0 Å². The summed E-state index contributed by atoms with van der Waals surface area (Å²) in [5.41, 5.74) is 0.0902. The summed E-state index contributed by atoms with van der Waals surface area (Å²) in [6.45, 7) is -0.154. The molecule has 0 atom stereocenters. The van der Waals surface area contributed by atoms with Crippen LogP contribution in [-0.4, -0.2) is 24.9 Å². The van der Waals surface area contributed by atoms with Crippen molar-refractivity contribution in [3.8, 4) is 0 Å². The number of nitrogens with zero attached hydrogens (tertiary/aromatic N) is 1. The van der Waals surface area contributed by atoms with E-state index in [0.29, 0.717) is 0 Å². The molecule has 2 rings (SSSR count). The van der Waals surface area contributed by atoms with E-state index in [1.165, 1.54) is 23.1 Å². The van der Waals surface area contributed by atoms with Gasteiger partial charge in [0.05, 0.1) is 23.8 Å². The minimum absolute atomic E-state index is 0.0770. The van der Waals surface area contributed by atoms with Gasteiger partial charge in [-0.25, -0.2) is 4.39 Å². The standard InChI is InChI=1S/C10H8ClFN2O2/c11-6-2-1-3-7(12)10(6)14-4-8(15)13-9(16)5-14/h1-3H,4-5H2,(H,13,15,16). The maximum atomic E-state index is 13.5. The molecule has 1 fully saturated rings. The van der Waals surface area contributed by atoms with Crippen molar-refractivity contribution in [1.29, 1.82) is 0 Å². The highest BCUT2D eigenvalue weighted by molar-refractivity contribution is 6.33. The van der Waals surface area contributed by atoms with Crippen LogP contribution < -0.4 is 10.2 Å². The summed E-state index contributed by atoms with van der Waals surface area (Å²) in [6.07, 6.45) is 0. The number of rotatable bonds is 1. The van der Waals surface area contributed by atoms with Gasteiger partial charge in [0.15, 0.2) is 0 Å². The average molecular weight is 243 g/mol. The normalized spacial score (nSPS) is 16.2. The summed E-state index contributed by atoms with van der Waals surface area (Å²) < 4.78 is 13.5. The number of piperazine rings is 1. The third kappa shape index (κ3) is 1.99. The van der Waals surface area contributed by atoms with Crippen LogP contribution in [0.25, 0.3) is 0 Å². The van der Waals surface area contributed by atoms with Gasteiger partial charge in [0.25, 0.3) is 0 Å². The van der Waals surface area contributed by atoms with Gasteiger partial charge in [0, 0.05) is 0 Å². The van der Waals surface area contributed by atoms with E-state index in [0.717, 1.165) is 0 Å². The van der Waals surface area contributed by atoms with Gasteiger partial charge in [-0.2, -0.15) is 0 Å². The highest BCUT2D eigenvalue weighted by atomic mass is 35.5. The first-order valence-corrected chi connectivity index (χ1v) is 4.97. The Kier molecular flexibility index (Phi) is 2.78. The number of carbonyl (C=O) groups excluding carboxylic acids is 2. The van der Waals surface area contributed by atoms with Crippen molar-refractivity contribution in [2.45, 2.75) is 0 Å². The highest BCUT2D eigenvalue weighted by Gasteiger charge is 2.25. The molecule has 16 heavy (non-hydrogen) atoms. The van der Waals surface area contributed by atoms with Gasteiger partial charge in [-0.1, -0.05) is 17.7 Å². The first-order valence-electron chi connectivity index (χ1n) is 4.59. The summed E-state index contributed by atoms with van der Waals surface area (Å²) in [4.78, 5) is 23.6. The second-order valence-electron chi connectivity index (χ2n) is 3.40. The average Bonchev–Trinajstić information content (AvgIpc) is 2.15. The molecule has 0 aromatic heterocycles. The van der Waals surface area contributed by atoms with Gasteiger partial charge < -0.3 is 4.90 Å². The molecule has 1 aromatic rings. The van der Waals surface area contributed by atoms with Crippen molar-refractivity contribution in [3.05, 3.63) is 29.0 Å². The van der Waals surface area contributed by atoms with Crippen LogP contribution in [0.5, 0.6) is 0 Å². The molecular weight excluding hydrogens is 235 g/mol. The molecule has 0 aliphatic carbocycles. The lowest BCUT2D eigenvalue weighted by Crippen LogP contribution is -2.51. The maximum absolute atomic E-state index is 13.5. The van der Waals surface area contributed by atoms with Gasteiger partial charge in [-0.05, 0) is 12.1 Å². The van der Waals surface area contributed by atoms with Crippen LogP contribution >= 0.6 is 11.6 Å². The van der Waals surface area contributed by atoms with Crippen LogP contribution in [0.1, 0.15) is 0 Å². The number of hydrogen-bond donors (Lipinski definition) is 1. The summed E-state index contributed by atoms with van der Waals surface area (Å²) in [7, 11) is 0. The van der Waals surface area contributed by atoms with Gasteiger partial charge in [-0.3, -0.25) is 14.9 Å². The molecule has 1 aliphatic rings. The Morgan fingerprint density at radius 2 is 1.88 bits per heavy atom. The Hall–Kier alpha value is -1.62. The first kappa shape index (κ1) is 10.9. The lowest BCUT2D eigenvalue weighted by Gasteiger charge is -2.28. The minimum atomic E-state index is -0.546. The molecule has 0 bridgehead atoms. The predicted octanol–water partition coefficient (Wildman–Crippen LogP) is 0.942. The summed E-state index contributed by atoms with van der Waals surface area (Å²) in [5, 5.41) is 2.32. The summed E-state index contributed by atoms with van der Waals surface area (Å²) in [6, 6.07) is 4.21. The highest BCUT2D eigenvalue weighted by Crippen LogP contribution is 2.28.